The zero-order valence-corrected chi connectivity index (χ0v) is 18.7. The fourth-order valence-corrected chi connectivity index (χ4v) is 3.83. The van der Waals surface area contributed by atoms with Gasteiger partial charge in [-0.25, -0.2) is 4.39 Å². The Balaban J connectivity index is 1.34. The molecule has 36 heavy (non-hydrogen) atoms. The standard InChI is InChI=1S/C23H21F4N5O4/c24-17-7-13(1-2-19(17)36-23(25,26)27)8-21(33)32-5-3-15(4-6-32)35-20-12-29-18(9-16(20)22(28)34)14-10-30-31-11-14/h1-2,7,9-12,15H,3-6,8H2,(H2,28,34)(H,30,31). The molecule has 3 N–H and O–H groups in total. The number of H-pyrrole nitrogens is 1. The van der Waals surface area contributed by atoms with E-state index in [2.05, 4.69) is 19.9 Å². The Labute approximate surface area is 202 Å². The molecule has 0 atom stereocenters. The highest BCUT2D eigenvalue weighted by atomic mass is 19.4. The lowest BCUT2D eigenvalue weighted by atomic mass is 10.1. The van der Waals surface area contributed by atoms with E-state index >= 15 is 0 Å². The molecule has 1 saturated heterocycles. The summed E-state index contributed by atoms with van der Waals surface area (Å²) in [5.74, 6) is -2.91. The predicted molar refractivity (Wildman–Crippen MR) is 117 cm³/mol. The number of primary amides is 1. The molecule has 13 heteroatoms. The minimum Gasteiger partial charge on any atom is -0.488 e. The number of ether oxygens (including phenoxy) is 2. The van der Waals surface area contributed by atoms with Crippen molar-refractivity contribution in [1.82, 2.24) is 20.1 Å². The van der Waals surface area contributed by atoms with E-state index in [1.807, 2.05) is 0 Å². The molecule has 0 bridgehead atoms. The molecule has 0 spiro atoms. The fourth-order valence-electron chi connectivity index (χ4n) is 3.83. The van der Waals surface area contributed by atoms with Gasteiger partial charge in [0.15, 0.2) is 17.3 Å². The summed E-state index contributed by atoms with van der Waals surface area (Å²) in [6.45, 7) is 0.682. The number of hydrogen-bond acceptors (Lipinski definition) is 6. The third-order valence-corrected chi connectivity index (χ3v) is 5.59. The molecule has 0 radical (unpaired) electrons. The quantitative estimate of drug-likeness (QED) is 0.474. The average Bonchev–Trinajstić information content (AvgIpc) is 3.36. The van der Waals surface area contributed by atoms with Crippen molar-refractivity contribution < 1.29 is 36.6 Å². The van der Waals surface area contributed by atoms with Crippen LogP contribution >= 0.6 is 0 Å². The number of hydrogen-bond donors (Lipinski definition) is 2. The number of aromatic amines is 1. The van der Waals surface area contributed by atoms with Gasteiger partial charge in [-0.3, -0.25) is 19.7 Å². The normalized spacial score (nSPS) is 14.5. The van der Waals surface area contributed by atoms with E-state index in [1.54, 1.807) is 17.3 Å². The number of alkyl halides is 3. The molecule has 1 aliphatic heterocycles. The SMILES string of the molecule is NC(=O)c1cc(-c2cn[nH]c2)ncc1OC1CCN(C(=O)Cc2ccc(OC(F)(F)F)c(F)c2)CC1. The van der Waals surface area contributed by atoms with Crippen LogP contribution in [0.5, 0.6) is 11.5 Å². The van der Waals surface area contributed by atoms with Crippen LogP contribution in [-0.2, 0) is 11.2 Å². The minimum atomic E-state index is -5.01. The zero-order valence-electron chi connectivity index (χ0n) is 18.7. The number of nitrogens with one attached hydrogen (secondary N) is 1. The molecule has 3 aromatic rings. The van der Waals surface area contributed by atoms with Crippen molar-refractivity contribution in [3.63, 3.8) is 0 Å². The predicted octanol–water partition coefficient (Wildman–Crippen LogP) is 3.22. The van der Waals surface area contributed by atoms with Crippen LogP contribution in [0.4, 0.5) is 17.6 Å². The van der Waals surface area contributed by atoms with Crippen LogP contribution in [0.2, 0.25) is 0 Å². The molecule has 0 unspecified atom stereocenters. The van der Waals surface area contributed by atoms with E-state index in [1.165, 1.54) is 18.3 Å². The Hall–Kier alpha value is -4.16. The summed E-state index contributed by atoms with van der Waals surface area (Å²) >= 11 is 0. The van der Waals surface area contributed by atoms with Crippen molar-refractivity contribution in [2.45, 2.75) is 31.7 Å². The monoisotopic (exact) mass is 507 g/mol. The van der Waals surface area contributed by atoms with Gasteiger partial charge in [-0.1, -0.05) is 6.07 Å². The Bertz CT molecular complexity index is 1240. The van der Waals surface area contributed by atoms with Crippen LogP contribution in [0.1, 0.15) is 28.8 Å². The number of nitrogens with two attached hydrogens (primary N) is 1. The number of rotatable bonds is 7. The van der Waals surface area contributed by atoms with Gasteiger partial charge in [-0.15, -0.1) is 13.2 Å². The average molecular weight is 507 g/mol. The van der Waals surface area contributed by atoms with Gasteiger partial charge in [-0.2, -0.15) is 5.10 Å². The van der Waals surface area contributed by atoms with Gasteiger partial charge >= 0.3 is 6.36 Å². The van der Waals surface area contributed by atoms with Gasteiger partial charge in [0.05, 0.1) is 30.1 Å². The van der Waals surface area contributed by atoms with Gasteiger partial charge in [0, 0.05) is 37.7 Å². The van der Waals surface area contributed by atoms with E-state index < -0.39 is 23.8 Å². The van der Waals surface area contributed by atoms with Gasteiger partial charge in [0.25, 0.3) is 5.91 Å². The second-order valence-corrected chi connectivity index (χ2v) is 8.10. The largest absolute Gasteiger partial charge is 0.573 e. The molecule has 4 rings (SSSR count). The molecule has 0 aliphatic carbocycles. The number of aromatic nitrogens is 3. The lowest BCUT2D eigenvalue weighted by molar-refractivity contribution is -0.275. The van der Waals surface area contributed by atoms with E-state index in [0.29, 0.717) is 37.2 Å². The topological polar surface area (TPSA) is 123 Å². The molecule has 9 nitrogen and oxygen atoms in total. The molecule has 2 amide bonds. The molecular formula is C23H21F4N5O4. The van der Waals surface area contributed by atoms with E-state index in [4.69, 9.17) is 10.5 Å². The first-order valence-electron chi connectivity index (χ1n) is 10.9. The van der Waals surface area contributed by atoms with Crippen molar-refractivity contribution in [1.29, 1.82) is 0 Å². The highest BCUT2D eigenvalue weighted by Gasteiger charge is 2.32. The number of nitrogens with zero attached hydrogens (tertiary/aromatic N) is 3. The van der Waals surface area contributed by atoms with Crippen molar-refractivity contribution >= 4 is 11.8 Å². The number of halogens is 4. The summed E-state index contributed by atoms with van der Waals surface area (Å²) in [6, 6.07) is 4.42. The van der Waals surface area contributed by atoms with E-state index in [9.17, 15) is 27.2 Å². The summed E-state index contributed by atoms with van der Waals surface area (Å²) in [4.78, 5) is 30.4. The first kappa shape index (κ1) is 24.9. The van der Waals surface area contributed by atoms with Crippen LogP contribution in [0.3, 0.4) is 0 Å². The van der Waals surface area contributed by atoms with Crippen molar-refractivity contribution in [3.8, 4) is 22.8 Å². The highest BCUT2D eigenvalue weighted by Crippen LogP contribution is 2.28. The summed E-state index contributed by atoms with van der Waals surface area (Å²) in [6.07, 6.45) is 0.0190. The summed E-state index contributed by atoms with van der Waals surface area (Å²) < 4.78 is 60.3. The van der Waals surface area contributed by atoms with Crippen molar-refractivity contribution in [2.75, 3.05) is 13.1 Å². The van der Waals surface area contributed by atoms with Crippen LogP contribution in [0.25, 0.3) is 11.3 Å². The minimum absolute atomic E-state index is 0.166. The molecular weight excluding hydrogens is 486 g/mol. The zero-order chi connectivity index (χ0) is 25.9. The van der Waals surface area contributed by atoms with Gasteiger partial charge < -0.3 is 20.1 Å². The fraction of sp³-hybridized carbons (Fsp3) is 0.304. The first-order valence-corrected chi connectivity index (χ1v) is 10.9. The lowest BCUT2D eigenvalue weighted by Gasteiger charge is -2.32. The lowest BCUT2D eigenvalue weighted by Crippen LogP contribution is -2.42. The van der Waals surface area contributed by atoms with Crippen LogP contribution in [0.15, 0.2) is 42.9 Å². The van der Waals surface area contributed by atoms with Gasteiger partial charge in [-0.05, 0) is 23.8 Å². The Morgan fingerprint density at radius 2 is 1.89 bits per heavy atom. The maximum Gasteiger partial charge on any atom is 0.573 e. The van der Waals surface area contributed by atoms with E-state index in [0.717, 1.165) is 12.1 Å². The Morgan fingerprint density at radius 3 is 2.50 bits per heavy atom. The summed E-state index contributed by atoms with van der Waals surface area (Å²) in [7, 11) is 0. The third-order valence-electron chi connectivity index (χ3n) is 5.59. The third kappa shape index (κ3) is 6.09. The van der Waals surface area contributed by atoms with Crippen LogP contribution < -0.4 is 15.2 Å². The number of pyridine rings is 1. The van der Waals surface area contributed by atoms with Gasteiger partial charge in [0.2, 0.25) is 5.91 Å². The van der Waals surface area contributed by atoms with E-state index in [-0.39, 0.29) is 35.3 Å². The maximum absolute atomic E-state index is 13.9. The van der Waals surface area contributed by atoms with Crippen molar-refractivity contribution in [3.05, 3.63) is 59.8 Å². The molecule has 1 aromatic carbocycles. The molecule has 2 aromatic heterocycles. The smallest absolute Gasteiger partial charge is 0.488 e. The maximum atomic E-state index is 13.9. The number of piperidine rings is 1. The molecule has 0 saturated carbocycles. The second kappa shape index (κ2) is 10.2. The number of carbonyl (C=O) groups excluding carboxylic acids is 2. The Morgan fingerprint density at radius 1 is 1.14 bits per heavy atom. The second-order valence-electron chi connectivity index (χ2n) is 8.10. The number of amides is 2. The highest BCUT2D eigenvalue weighted by molar-refractivity contribution is 5.96. The van der Waals surface area contributed by atoms with Crippen molar-refractivity contribution in [2.24, 2.45) is 5.73 Å². The summed E-state index contributed by atoms with van der Waals surface area (Å²) in [5, 5.41) is 6.51. The van der Waals surface area contributed by atoms with Crippen LogP contribution in [0, 0.1) is 5.82 Å². The Kier molecular flexibility index (Phi) is 7.08. The van der Waals surface area contributed by atoms with Gasteiger partial charge in [0.1, 0.15) is 6.10 Å². The number of carbonyl (C=O) groups is 2. The van der Waals surface area contributed by atoms with Crippen LogP contribution in [-0.4, -0.2) is 57.5 Å². The molecule has 3 heterocycles. The summed E-state index contributed by atoms with van der Waals surface area (Å²) in [5.41, 5.74) is 7.08. The number of benzene rings is 1. The molecule has 1 aliphatic rings. The molecule has 190 valence electrons. The first-order chi connectivity index (χ1) is 17.1. The molecule has 1 fully saturated rings. The number of likely N-dealkylation sites (tertiary alicyclic amines) is 1.